The number of halogens is 1. The molecule has 0 atom stereocenters. The summed E-state index contributed by atoms with van der Waals surface area (Å²) in [6, 6.07) is 14.8. The predicted octanol–water partition coefficient (Wildman–Crippen LogP) is 3.92. The topological polar surface area (TPSA) is 27.8 Å². The van der Waals surface area contributed by atoms with Crippen molar-refractivity contribution >= 4 is 16.6 Å². The highest BCUT2D eigenvalue weighted by Crippen LogP contribution is 2.20. The van der Waals surface area contributed by atoms with Crippen LogP contribution in [0.15, 0.2) is 54.7 Å². The summed E-state index contributed by atoms with van der Waals surface area (Å²) >= 11 is 0. The summed E-state index contributed by atoms with van der Waals surface area (Å²) in [5.74, 6) is -0.216. The molecule has 0 saturated heterocycles. The van der Waals surface area contributed by atoms with Crippen LogP contribution in [0, 0.1) is 5.82 Å². The molecular formula is C15H13FN2. The van der Waals surface area contributed by atoms with E-state index >= 15 is 0 Å². The van der Waals surface area contributed by atoms with E-state index in [4.69, 9.17) is 0 Å². The third-order valence-corrected chi connectivity index (χ3v) is 2.99. The molecule has 0 fully saturated rings. The van der Waals surface area contributed by atoms with E-state index in [1.807, 2.05) is 42.6 Å². The van der Waals surface area contributed by atoms with Crippen LogP contribution in [0.3, 0.4) is 0 Å². The molecule has 2 nitrogen and oxygen atoms in total. The van der Waals surface area contributed by atoms with Crippen LogP contribution in [0.2, 0.25) is 0 Å². The Morgan fingerprint density at radius 2 is 1.89 bits per heavy atom. The van der Waals surface area contributed by atoms with Crippen LogP contribution in [0.5, 0.6) is 0 Å². The van der Waals surface area contributed by atoms with Gasteiger partial charge in [0.25, 0.3) is 0 Å². The Balaban J connectivity index is 1.83. The fourth-order valence-electron chi connectivity index (χ4n) is 2.06. The third kappa shape index (κ3) is 2.07. The second-order valence-corrected chi connectivity index (χ2v) is 4.22. The van der Waals surface area contributed by atoms with Gasteiger partial charge < -0.3 is 10.3 Å². The molecule has 0 aliphatic heterocycles. The van der Waals surface area contributed by atoms with Crippen LogP contribution in [-0.4, -0.2) is 4.98 Å². The lowest BCUT2D eigenvalue weighted by atomic mass is 10.1. The van der Waals surface area contributed by atoms with Gasteiger partial charge >= 0.3 is 0 Å². The Kier molecular flexibility index (Phi) is 2.73. The summed E-state index contributed by atoms with van der Waals surface area (Å²) in [4.78, 5) is 3.09. The molecule has 0 aliphatic rings. The van der Waals surface area contributed by atoms with Gasteiger partial charge in [0.05, 0.1) is 0 Å². The molecule has 2 aromatic carbocycles. The zero-order valence-electron chi connectivity index (χ0n) is 9.78. The molecule has 0 spiro atoms. The number of H-pyrrole nitrogens is 1. The minimum atomic E-state index is -0.216. The first-order valence-corrected chi connectivity index (χ1v) is 5.87. The van der Waals surface area contributed by atoms with Crippen molar-refractivity contribution in [2.45, 2.75) is 6.54 Å². The number of hydrogen-bond donors (Lipinski definition) is 2. The molecule has 0 bridgehead atoms. The number of aromatic nitrogens is 1. The Morgan fingerprint density at radius 3 is 2.72 bits per heavy atom. The first-order valence-electron chi connectivity index (χ1n) is 5.87. The lowest BCUT2D eigenvalue weighted by Crippen LogP contribution is -1.97. The summed E-state index contributed by atoms with van der Waals surface area (Å²) in [6.45, 7) is 0.718. The standard InChI is InChI=1S/C15H13FN2/c16-12-6-7-14-11(10-18-15(14)8-12)9-17-13-4-2-1-3-5-13/h1-8,10,17-18H,9H2. The minimum Gasteiger partial charge on any atom is -0.381 e. The first-order chi connectivity index (χ1) is 8.83. The monoisotopic (exact) mass is 240 g/mol. The first kappa shape index (κ1) is 10.8. The van der Waals surface area contributed by atoms with E-state index in [1.54, 1.807) is 0 Å². The summed E-state index contributed by atoms with van der Waals surface area (Å²) < 4.78 is 13.1. The fraction of sp³-hybridized carbons (Fsp3) is 0.0667. The maximum atomic E-state index is 13.1. The van der Waals surface area contributed by atoms with Crippen LogP contribution in [0.1, 0.15) is 5.56 Å². The number of nitrogens with one attached hydrogen (secondary N) is 2. The van der Waals surface area contributed by atoms with E-state index in [-0.39, 0.29) is 5.82 Å². The van der Waals surface area contributed by atoms with Crippen LogP contribution in [-0.2, 0) is 6.54 Å². The van der Waals surface area contributed by atoms with Crippen molar-refractivity contribution in [3.05, 3.63) is 66.1 Å². The molecule has 0 radical (unpaired) electrons. The molecule has 0 aliphatic carbocycles. The van der Waals surface area contributed by atoms with Gasteiger partial charge in [-0.2, -0.15) is 0 Å². The molecular weight excluding hydrogens is 227 g/mol. The van der Waals surface area contributed by atoms with Gasteiger partial charge in [-0.15, -0.1) is 0 Å². The number of aromatic amines is 1. The highest BCUT2D eigenvalue weighted by Gasteiger charge is 2.04. The van der Waals surface area contributed by atoms with Gasteiger partial charge in [-0.1, -0.05) is 18.2 Å². The zero-order chi connectivity index (χ0) is 12.4. The molecule has 3 rings (SSSR count). The van der Waals surface area contributed by atoms with E-state index in [2.05, 4.69) is 10.3 Å². The number of rotatable bonds is 3. The molecule has 0 unspecified atom stereocenters. The highest BCUT2D eigenvalue weighted by atomic mass is 19.1. The maximum absolute atomic E-state index is 13.1. The van der Waals surface area contributed by atoms with E-state index < -0.39 is 0 Å². The highest BCUT2D eigenvalue weighted by molar-refractivity contribution is 5.83. The van der Waals surface area contributed by atoms with Crippen LogP contribution in [0.25, 0.3) is 10.9 Å². The second kappa shape index (κ2) is 4.53. The van der Waals surface area contributed by atoms with Gasteiger partial charge in [-0.05, 0) is 35.9 Å². The Labute approximate surface area is 104 Å². The van der Waals surface area contributed by atoms with Crippen molar-refractivity contribution in [2.75, 3.05) is 5.32 Å². The Morgan fingerprint density at radius 1 is 1.06 bits per heavy atom. The SMILES string of the molecule is Fc1ccc2c(CNc3ccccc3)c[nH]c2c1. The van der Waals surface area contributed by atoms with E-state index in [1.165, 1.54) is 12.1 Å². The van der Waals surface area contributed by atoms with Crippen molar-refractivity contribution in [2.24, 2.45) is 0 Å². The van der Waals surface area contributed by atoms with Crippen molar-refractivity contribution in [3.8, 4) is 0 Å². The van der Waals surface area contributed by atoms with Gasteiger partial charge in [0.15, 0.2) is 0 Å². The molecule has 3 heteroatoms. The van der Waals surface area contributed by atoms with Gasteiger partial charge in [-0.25, -0.2) is 4.39 Å². The van der Waals surface area contributed by atoms with Gasteiger partial charge in [0, 0.05) is 29.3 Å². The summed E-state index contributed by atoms with van der Waals surface area (Å²) in [7, 11) is 0. The number of anilines is 1. The molecule has 1 aromatic heterocycles. The number of hydrogen-bond acceptors (Lipinski definition) is 1. The van der Waals surface area contributed by atoms with Gasteiger partial charge in [0.1, 0.15) is 5.82 Å². The summed E-state index contributed by atoms with van der Waals surface area (Å²) in [5.41, 5.74) is 3.04. The number of fused-ring (bicyclic) bond motifs is 1. The normalized spacial score (nSPS) is 10.7. The number of benzene rings is 2. The zero-order valence-corrected chi connectivity index (χ0v) is 9.78. The smallest absolute Gasteiger partial charge is 0.125 e. The molecule has 1 heterocycles. The van der Waals surface area contributed by atoms with E-state index in [9.17, 15) is 4.39 Å². The molecule has 2 N–H and O–H groups in total. The van der Waals surface area contributed by atoms with Gasteiger partial charge in [-0.3, -0.25) is 0 Å². The quantitative estimate of drug-likeness (QED) is 0.713. The molecule has 18 heavy (non-hydrogen) atoms. The Hall–Kier alpha value is -2.29. The number of para-hydroxylation sites is 1. The maximum Gasteiger partial charge on any atom is 0.125 e. The lowest BCUT2D eigenvalue weighted by molar-refractivity contribution is 0.629. The van der Waals surface area contributed by atoms with E-state index in [0.29, 0.717) is 0 Å². The van der Waals surface area contributed by atoms with Crippen LogP contribution in [0.4, 0.5) is 10.1 Å². The molecule has 90 valence electrons. The second-order valence-electron chi connectivity index (χ2n) is 4.22. The average molecular weight is 240 g/mol. The molecule has 0 amide bonds. The minimum absolute atomic E-state index is 0.216. The van der Waals surface area contributed by atoms with Crippen molar-refractivity contribution < 1.29 is 4.39 Å². The van der Waals surface area contributed by atoms with Crippen molar-refractivity contribution in [3.63, 3.8) is 0 Å². The molecule has 0 saturated carbocycles. The van der Waals surface area contributed by atoms with Crippen LogP contribution >= 0.6 is 0 Å². The molecule has 3 aromatic rings. The van der Waals surface area contributed by atoms with E-state index in [0.717, 1.165) is 28.7 Å². The third-order valence-electron chi connectivity index (χ3n) is 2.99. The van der Waals surface area contributed by atoms with Crippen molar-refractivity contribution in [1.29, 1.82) is 0 Å². The van der Waals surface area contributed by atoms with Gasteiger partial charge in [0.2, 0.25) is 0 Å². The summed E-state index contributed by atoms with van der Waals surface area (Å²) in [6.07, 6.45) is 1.92. The fourth-order valence-corrected chi connectivity index (χ4v) is 2.06. The predicted molar refractivity (Wildman–Crippen MR) is 72.0 cm³/mol. The lowest BCUT2D eigenvalue weighted by Gasteiger charge is -2.04. The van der Waals surface area contributed by atoms with Crippen LogP contribution < -0.4 is 5.32 Å². The van der Waals surface area contributed by atoms with Crippen molar-refractivity contribution in [1.82, 2.24) is 4.98 Å². The summed E-state index contributed by atoms with van der Waals surface area (Å²) in [5, 5.41) is 4.40. The average Bonchev–Trinajstić information content (AvgIpc) is 2.80. The largest absolute Gasteiger partial charge is 0.381 e. The Bertz CT molecular complexity index is 659.